The SMILES string of the molecule is O=C1C=C(NNC(=O)c2cccc(S(=O)(=O)N3CCOCC3)c2)CCC1. The molecule has 3 rings (SSSR count). The first-order chi connectivity index (χ1) is 12.5. The molecule has 0 unspecified atom stereocenters. The van der Waals surface area contributed by atoms with Gasteiger partial charge in [0.25, 0.3) is 5.91 Å². The molecule has 0 aromatic heterocycles. The van der Waals surface area contributed by atoms with Crippen molar-refractivity contribution in [3.05, 3.63) is 41.6 Å². The van der Waals surface area contributed by atoms with E-state index >= 15 is 0 Å². The third-order valence-corrected chi connectivity index (χ3v) is 6.14. The van der Waals surface area contributed by atoms with Crippen molar-refractivity contribution < 1.29 is 22.7 Å². The Bertz CT molecular complexity index is 829. The first-order valence-corrected chi connectivity index (χ1v) is 9.88. The largest absolute Gasteiger partial charge is 0.379 e. The summed E-state index contributed by atoms with van der Waals surface area (Å²) in [7, 11) is -3.66. The fourth-order valence-electron chi connectivity index (χ4n) is 2.83. The van der Waals surface area contributed by atoms with E-state index in [-0.39, 0.29) is 16.2 Å². The maximum Gasteiger partial charge on any atom is 0.269 e. The number of benzene rings is 1. The predicted octanol–water partition coefficient (Wildman–Crippen LogP) is 0.579. The van der Waals surface area contributed by atoms with Gasteiger partial charge >= 0.3 is 0 Å². The molecule has 0 atom stereocenters. The number of carbonyl (C=O) groups excluding carboxylic acids is 2. The quantitative estimate of drug-likeness (QED) is 0.725. The van der Waals surface area contributed by atoms with Crippen LogP contribution in [0.4, 0.5) is 0 Å². The Balaban J connectivity index is 1.70. The van der Waals surface area contributed by atoms with Crippen molar-refractivity contribution in [1.82, 2.24) is 15.2 Å². The van der Waals surface area contributed by atoms with Crippen molar-refractivity contribution in [2.75, 3.05) is 26.3 Å². The van der Waals surface area contributed by atoms with Crippen LogP contribution in [0.25, 0.3) is 0 Å². The normalized spacial score (nSPS) is 18.9. The van der Waals surface area contributed by atoms with Crippen LogP contribution in [-0.4, -0.2) is 50.7 Å². The van der Waals surface area contributed by atoms with E-state index in [1.165, 1.54) is 34.6 Å². The summed E-state index contributed by atoms with van der Waals surface area (Å²) in [6, 6.07) is 5.89. The lowest BCUT2D eigenvalue weighted by atomic mass is 10.0. The van der Waals surface area contributed by atoms with Gasteiger partial charge in [-0.15, -0.1) is 0 Å². The van der Waals surface area contributed by atoms with E-state index in [9.17, 15) is 18.0 Å². The van der Waals surface area contributed by atoms with E-state index in [1.807, 2.05) is 0 Å². The number of ketones is 1. The highest BCUT2D eigenvalue weighted by molar-refractivity contribution is 7.89. The van der Waals surface area contributed by atoms with Crippen LogP contribution in [0.2, 0.25) is 0 Å². The highest BCUT2D eigenvalue weighted by Gasteiger charge is 2.26. The molecule has 8 nitrogen and oxygen atoms in total. The number of ether oxygens (including phenoxy) is 1. The fraction of sp³-hybridized carbons (Fsp3) is 0.412. The molecule has 1 aromatic carbocycles. The molecule has 0 bridgehead atoms. The van der Waals surface area contributed by atoms with Crippen molar-refractivity contribution in [3.8, 4) is 0 Å². The van der Waals surface area contributed by atoms with Gasteiger partial charge in [0.05, 0.1) is 18.1 Å². The third-order valence-electron chi connectivity index (χ3n) is 4.25. The van der Waals surface area contributed by atoms with Gasteiger partial charge in [0.2, 0.25) is 10.0 Å². The summed E-state index contributed by atoms with van der Waals surface area (Å²) in [6.07, 6.45) is 3.40. The lowest BCUT2D eigenvalue weighted by molar-refractivity contribution is -0.115. The number of nitrogens with zero attached hydrogens (tertiary/aromatic N) is 1. The van der Waals surface area contributed by atoms with Crippen molar-refractivity contribution in [1.29, 1.82) is 0 Å². The molecule has 1 aliphatic carbocycles. The average Bonchev–Trinajstić information content (AvgIpc) is 2.67. The van der Waals surface area contributed by atoms with Gasteiger partial charge in [-0.05, 0) is 31.0 Å². The molecule has 0 spiro atoms. The van der Waals surface area contributed by atoms with Gasteiger partial charge in [-0.2, -0.15) is 4.31 Å². The Hall–Kier alpha value is -2.23. The summed E-state index contributed by atoms with van der Waals surface area (Å²) in [5.41, 5.74) is 6.11. The zero-order valence-corrected chi connectivity index (χ0v) is 15.0. The number of morpholine rings is 1. The second-order valence-corrected chi connectivity index (χ2v) is 8.05. The molecular weight excluding hydrogens is 358 g/mol. The van der Waals surface area contributed by atoms with Gasteiger partial charge in [-0.25, -0.2) is 8.42 Å². The molecule has 26 heavy (non-hydrogen) atoms. The maximum absolute atomic E-state index is 12.7. The van der Waals surface area contributed by atoms with Gasteiger partial charge < -0.3 is 10.2 Å². The van der Waals surface area contributed by atoms with E-state index in [0.717, 1.165) is 6.42 Å². The molecule has 1 saturated heterocycles. The standard InChI is InChI=1S/C17H21N3O5S/c21-15-5-2-4-14(12-15)18-19-17(22)13-3-1-6-16(11-13)26(23,24)20-7-9-25-10-8-20/h1,3,6,11-12,18H,2,4-5,7-10H2,(H,19,22). The summed E-state index contributed by atoms with van der Waals surface area (Å²) in [5, 5.41) is 0. The van der Waals surface area contributed by atoms with Gasteiger partial charge in [-0.1, -0.05) is 6.07 Å². The Kier molecular flexibility index (Phi) is 5.70. The Morgan fingerprint density at radius 1 is 1.15 bits per heavy atom. The summed E-state index contributed by atoms with van der Waals surface area (Å²) >= 11 is 0. The minimum atomic E-state index is -3.66. The van der Waals surface area contributed by atoms with Gasteiger partial charge in [0.15, 0.2) is 5.78 Å². The molecule has 140 valence electrons. The van der Waals surface area contributed by atoms with E-state index in [4.69, 9.17) is 4.74 Å². The topological polar surface area (TPSA) is 105 Å². The van der Waals surface area contributed by atoms with Gasteiger partial charge in [0, 0.05) is 36.8 Å². The number of allylic oxidation sites excluding steroid dienone is 2. The van der Waals surface area contributed by atoms with Crippen LogP contribution < -0.4 is 10.9 Å². The second-order valence-electron chi connectivity index (χ2n) is 6.11. The van der Waals surface area contributed by atoms with Gasteiger partial charge in [0.1, 0.15) is 0 Å². The predicted molar refractivity (Wildman–Crippen MR) is 93.6 cm³/mol. The molecule has 1 heterocycles. The minimum Gasteiger partial charge on any atom is -0.379 e. The molecule has 2 aliphatic rings. The van der Waals surface area contributed by atoms with Gasteiger partial charge in [-0.3, -0.25) is 15.0 Å². The zero-order chi connectivity index (χ0) is 18.6. The number of sulfonamides is 1. The molecule has 9 heteroatoms. The number of hydrogen-bond donors (Lipinski definition) is 2. The smallest absolute Gasteiger partial charge is 0.269 e. The van der Waals surface area contributed by atoms with Crippen LogP contribution in [0.1, 0.15) is 29.6 Å². The van der Waals surface area contributed by atoms with E-state index in [1.54, 1.807) is 0 Å². The van der Waals surface area contributed by atoms with Crippen LogP contribution in [0.3, 0.4) is 0 Å². The summed E-state index contributed by atoms with van der Waals surface area (Å²) in [5.74, 6) is -0.449. The molecule has 2 N–H and O–H groups in total. The average molecular weight is 379 g/mol. The molecular formula is C17H21N3O5S. The number of amides is 1. The summed E-state index contributed by atoms with van der Waals surface area (Å²) in [4.78, 5) is 23.8. The highest BCUT2D eigenvalue weighted by Crippen LogP contribution is 2.18. The third kappa shape index (κ3) is 4.29. The second kappa shape index (κ2) is 7.98. The van der Waals surface area contributed by atoms with E-state index < -0.39 is 15.9 Å². The number of hydrazine groups is 1. The van der Waals surface area contributed by atoms with Crippen LogP contribution in [0.15, 0.2) is 40.9 Å². The maximum atomic E-state index is 12.7. The lowest BCUT2D eigenvalue weighted by Gasteiger charge is -2.26. The summed E-state index contributed by atoms with van der Waals surface area (Å²) in [6.45, 7) is 1.30. The Morgan fingerprint density at radius 3 is 2.65 bits per heavy atom. The van der Waals surface area contributed by atoms with Crippen LogP contribution in [0, 0.1) is 0 Å². The van der Waals surface area contributed by atoms with Crippen molar-refractivity contribution in [2.45, 2.75) is 24.2 Å². The van der Waals surface area contributed by atoms with Crippen molar-refractivity contribution >= 4 is 21.7 Å². The van der Waals surface area contributed by atoms with Crippen molar-refractivity contribution in [2.24, 2.45) is 0 Å². The van der Waals surface area contributed by atoms with E-state index in [0.29, 0.717) is 44.8 Å². The minimum absolute atomic E-state index is 0.0200. The molecule has 1 aliphatic heterocycles. The molecule has 1 fully saturated rings. The zero-order valence-electron chi connectivity index (χ0n) is 14.2. The molecule has 0 radical (unpaired) electrons. The Labute approximate surface area is 152 Å². The fourth-order valence-corrected chi connectivity index (χ4v) is 4.29. The first-order valence-electron chi connectivity index (χ1n) is 8.44. The number of rotatable bonds is 5. The van der Waals surface area contributed by atoms with Crippen LogP contribution in [0.5, 0.6) is 0 Å². The number of hydrogen-bond acceptors (Lipinski definition) is 6. The number of nitrogens with one attached hydrogen (secondary N) is 2. The molecule has 1 aromatic rings. The Morgan fingerprint density at radius 2 is 1.92 bits per heavy atom. The van der Waals surface area contributed by atoms with Crippen LogP contribution in [-0.2, 0) is 19.6 Å². The number of carbonyl (C=O) groups is 2. The first kappa shape index (κ1) is 18.6. The summed E-state index contributed by atoms with van der Waals surface area (Å²) < 4.78 is 31.9. The molecule has 0 saturated carbocycles. The van der Waals surface area contributed by atoms with Crippen molar-refractivity contribution in [3.63, 3.8) is 0 Å². The van der Waals surface area contributed by atoms with E-state index in [2.05, 4.69) is 10.9 Å². The lowest BCUT2D eigenvalue weighted by Crippen LogP contribution is -2.41. The monoisotopic (exact) mass is 379 g/mol. The highest BCUT2D eigenvalue weighted by atomic mass is 32.2. The molecule has 1 amide bonds. The van der Waals surface area contributed by atoms with Crippen LogP contribution >= 0.6 is 0 Å².